The van der Waals surface area contributed by atoms with Gasteiger partial charge in [-0.25, -0.2) is 8.78 Å². The molecule has 0 aliphatic rings. The Labute approximate surface area is 108 Å². The molecule has 0 radical (unpaired) electrons. The van der Waals surface area contributed by atoms with Crippen LogP contribution in [0.25, 0.3) is 10.8 Å². The van der Waals surface area contributed by atoms with Gasteiger partial charge in [-0.15, -0.1) is 0 Å². The van der Waals surface area contributed by atoms with Crippen LogP contribution in [0.3, 0.4) is 0 Å². The standard InChI is InChI=1S/C14H12F2O3/c1-8(14(17)18)7-19-13-11(15)6-9-4-2-3-5-10(9)12(13)16/h2-6,8H,7H2,1H3,(H,17,18). The molecule has 5 heteroatoms. The molecule has 0 aliphatic heterocycles. The van der Waals surface area contributed by atoms with E-state index in [-0.39, 0.29) is 12.0 Å². The van der Waals surface area contributed by atoms with Gasteiger partial charge in [0.05, 0.1) is 5.92 Å². The van der Waals surface area contributed by atoms with Crippen molar-refractivity contribution in [3.8, 4) is 5.75 Å². The summed E-state index contributed by atoms with van der Waals surface area (Å²) in [4.78, 5) is 10.6. The second-order valence-corrected chi connectivity index (χ2v) is 4.27. The van der Waals surface area contributed by atoms with Crippen molar-refractivity contribution in [1.82, 2.24) is 0 Å². The number of carboxylic acids is 1. The summed E-state index contributed by atoms with van der Waals surface area (Å²) in [5, 5.41) is 9.37. The molecule has 0 saturated carbocycles. The Balaban J connectivity index is 2.35. The Kier molecular flexibility index (Phi) is 3.64. The van der Waals surface area contributed by atoms with Gasteiger partial charge in [0.15, 0.2) is 17.4 Å². The van der Waals surface area contributed by atoms with Crippen molar-refractivity contribution in [2.45, 2.75) is 6.92 Å². The Morgan fingerprint density at radius 2 is 2.05 bits per heavy atom. The van der Waals surface area contributed by atoms with Crippen LogP contribution in [0.5, 0.6) is 5.75 Å². The van der Waals surface area contributed by atoms with E-state index in [4.69, 9.17) is 9.84 Å². The topological polar surface area (TPSA) is 46.5 Å². The third-order valence-electron chi connectivity index (χ3n) is 2.79. The first-order chi connectivity index (χ1) is 9.00. The lowest BCUT2D eigenvalue weighted by Crippen LogP contribution is -2.18. The molecule has 3 nitrogen and oxygen atoms in total. The highest BCUT2D eigenvalue weighted by molar-refractivity contribution is 5.84. The zero-order valence-corrected chi connectivity index (χ0v) is 10.2. The average molecular weight is 266 g/mol. The molecular weight excluding hydrogens is 254 g/mol. The summed E-state index contributed by atoms with van der Waals surface area (Å²) >= 11 is 0. The highest BCUT2D eigenvalue weighted by Gasteiger charge is 2.18. The van der Waals surface area contributed by atoms with Gasteiger partial charge in [0.25, 0.3) is 0 Å². The zero-order valence-electron chi connectivity index (χ0n) is 10.2. The van der Waals surface area contributed by atoms with E-state index in [0.29, 0.717) is 5.39 Å². The quantitative estimate of drug-likeness (QED) is 0.924. The molecule has 100 valence electrons. The summed E-state index contributed by atoms with van der Waals surface area (Å²) in [5.41, 5.74) is 0. The van der Waals surface area contributed by atoms with Crippen molar-refractivity contribution in [2.24, 2.45) is 5.92 Å². The Morgan fingerprint density at radius 3 is 2.74 bits per heavy atom. The van der Waals surface area contributed by atoms with Gasteiger partial charge < -0.3 is 9.84 Å². The normalized spacial score (nSPS) is 12.4. The molecule has 0 aromatic heterocycles. The summed E-state index contributed by atoms with van der Waals surface area (Å²) in [6.07, 6.45) is 0. The van der Waals surface area contributed by atoms with Gasteiger partial charge in [-0.05, 0) is 18.4 Å². The maximum atomic E-state index is 14.1. The van der Waals surface area contributed by atoms with Crippen molar-refractivity contribution < 1.29 is 23.4 Å². The summed E-state index contributed by atoms with van der Waals surface area (Å²) in [7, 11) is 0. The SMILES string of the molecule is CC(COc1c(F)cc2ccccc2c1F)C(=O)O. The van der Waals surface area contributed by atoms with Crippen LogP contribution in [0.4, 0.5) is 8.78 Å². The van der Waals surface area contributed by atoms with Crippen molar-refractivity contribution in [3.05, 3.63) is 42.0 Å². The minimum absolute atomic E-state index is 0.238. The van der Waals surface area contributed by atoms with Crippen LogP contribution < -0.4 is 4.74 Å². The molecule has 2 aromatic rings. The predicted molar refractivity (Wildman–Crippen MR) is 66.2 cm³/mol. The first-order valence-corrected chi connectivity index (χ1v) is 5.73. The average Bonchev–Trinajstić information content (AvgIpc) is 2.38. The molecular formula is C14H12F2O3. The lowest BCUT2D eigenvalue weighted by atomic mass is 10.1. The number of benzene rings is 2. The Morgan fingerprint density at radius 1 is 1.37 bits per heavy atom. The highest BCUT2D eigenvalue weighted by atomic mass is 19.1. The van der Waals surface area contributed by atoms with E-state index in [1.54, 1.807) is 18.2 Å². The smallest absolute Gasteiger partial charge is 0.309 e. The largest absolute Gasteiger partial charge is 0.487 e. The third kappa shape index (κ3) is 2.65. The minimum Gasteiger partial charge on any atom is -0.487 e. The van der Waals surface area contributed by atoms with Gasteiger partial charge >= 0.3 is 5.97 Å². The van der Waals surface area contributed by atoms with E-state index >= 15 is 0 Å². The molecule has 1 unspecified atom stereocenters. The number of hydrogen-bond donors (Lipinski definition) is 1. The van der Waals surface area contributed by atoms with Crippen LogP contribution in [0.15, 0.2) is 30.3 Å². The van der Waals surface area contributed by atoms with E-state index in [2.05, 4.69) is 0 Å². The number of fused-ring (bicyclic) bond motifs is 1. The van der Waals surface area contributed by atoms with Crippen LogP contribution >= 0.6 is 0 Å². The van der Waals surface area contributed by atoms with Gasteiger partial charge in [-0.3, -0.25) is 4.79 Å². The number of carbonyl (C=O) groups is 1. The van der Waals surface area contributed by atoms with E-state index in [1.807, 2.05) is 0 Å². The van der Waals surface area contributed by atoms with Gasteiger partial charge in [0.2, 0.25) is 0 Å². The molecule has 0 aliphatic carbocycles. The van der Waals surface area contributed by atoms with Gasteiger partial charge in [-0.1, -0.05) is 24.3 Å². The molecule has 0 bridgehead atoms. The number of rotatable bonds is 4. The van der Waals surface area contributed by atoms with Gasteiger partial charge in [0, 0.05) is 5.39 Å². The molecule has 0 spiro atoms. The Bertz CT molecular complexity index is 625. The zero-order chi connectivity index (χ0) is 14.0. The first-order valence-electron chi connectivity index (χ1n) is 5.73. The maximum Gasteiger partial charge on any atom is 0.309 e. The van der Waals surface area contributed by atoms with Crippen LogP contribution in [-0.4, -0.2) is 17.7 Å². The van der Waals surface area contributed by atoms with E-state index in [9.17, 15) is 13.6 Å². The monoisotopic (exact) mass is 266 g/mol. The van der Waals surface area contributed by atoms with E-state index < -0.39 is 29.3 Å². The van der Waals surface area contributed by atoms with Crippen molar-refractivity contribution in [3.63, 3.8) is 0 Å². The van der Waals surface area contributed by atoms with Crippen LogP contribution in [0, 0.1) is 17.6 Å². The maximum absolute atomic E-state index is 14.1. The molecule has 0 fully saturated rings. The number of halogens is 2. The van der Waals surface area contributed by atoms with Crippen LogP contribution in [0.2, 0.25) is 0 Å². The van der Waals surface area contributed by atoms with Crippen molar-refractivity contribution >= 4 is 16.7 Å². The summed E-state index contributed by atoms with van der Waals surface area (Å²) in [6, 6.07) is 7.57. The molecule has 2 rings (SSSR count). The number of aliphatic carboxylic acids is 1. The lowest BCUT2D eigenvalue weighted by molar-refractivity contribution is -0.142. The first kappa shape index (κ1) is 13.3. The predicted octanol–water partition coefficient (Wildman–Crippen LogP) is 3.22. The fourth-order valence-electron chi connectivity index (χ4n) is 1.66. The lowest BCUT2D eigenvalue weighted by Gasteiger charge is -2.12. The second-order valence-electron chi connectivity index (χ2n) is 4.27. The summed E-state index contributed by atoms with van der Waals surface area (Å²) in [6.45, 7) is 1.11. The van der Waals surface area contributed by atoms with Crippen LogP contribution in [-0.2, 0) is 4.79 Å². The van der Waals surface area contributed by atoms with Crippen molar-refractivity contribution in [1.29, 1.82) is 0 Å². The third-order valence-corrected chi connectivity index (χ3v) is 2.79. The fourth-order valence-corrected chi connectivity index (χ4v) is 1.66. The van der Waals surface area contributed by atoms with E-state index in [1.165, 1.54) is 19.1 Å². The molecule has 1 atom stereocenters. The molecule has 0 heterocycles. The summed E-state index contributed by atoms with van der Waals surface area (Å²) in [5.74, 6) is -4.11. The number of ether oxygens (including phenoxy) is 1. The van der Waals surface area contributed by atoms with E-state index in [0.717, 1.165) is 0 Å². The molecule has 2 aromatic carbocycles. The summed E-state index contributed by atoms with van der Waals surface area (Å²) < 4.78 is 32.8. The number of hydrogen-bond acceptors (Lipinski definition) is 2. The molecule has 0 saturated heterocycles. The van der Waals surface area contributed by atoms with Crippen LogP contribution in [0.1, 0.15) is 6.92 Å². The van der Waals surface area contributed by atoms with Crippen molar-refractivity contribution in [2.75, 3.05) is 6.61 Å². The van der Waals surface area contributed by atoms with Gasteiger partial charge in [0.1, 0.15) is 6.61 Å². The number of carboxylic acid groups (broad SMARTS) is 1. The highest BCUT2D eigenvalue weighted by Crippen LogP contribution is 2.29. The molecule has 1 N–H and O–H groups in total. The molecule has 19 heavy (non-hydrogen) atoms. The second kappa shape index (κ2) is 5.22. The fraction of sp³-hybridized carbons (Fsp3) is 0.214. The van der Waals surface area contributed by atoms with Gasteiger partial charge in [-0.2, -0.15) is 0 Å². The minimum atomic E-state index is -1.08. The Hall–Kier alpha value is -2.17. The molecule has 0 amide bonds.